The summed E-state index contributed by atoms with van der Waals surface area (Å²) in [5, 5.41) is 13.5. The summed E-state index contributed by atoms with van der Waals surface area (Å²) in [6.07, 6.45) is 0. The van der Waals surface area contributed by atoms with E-state index in [1.165, 1.54) is 6.07 Å². The van der Waals surface area contributed by atoms with Gasteiger partial charge >= 0.3 is 5.63 Å². The van der Waals surface area contributed by atoms with Gasteiger partial charge in [-0.2, -0.15) is 0 Å². The molecule has 0 unspecified atom stereocenters. The Morgan fingerprint density at radius 1 is 1.32 bits per heavy atom. The van der Waals surface area contributed by atoms with Crippen LogP contribution < -0.4 is 10.9 Å². The van der Waals surface area contributed by atoms with Crippen LogP contribution in [0.4, 0.5) is 0 Å². The van der Waals surface area contributed by atoms with Gasteiger partial charge in [0.05, 0.1) is 6.54 Å². The molecule has 0 radical (unpaired) electrons. The molecule has 1 aromatic heterocycles. The van der Waals surface area contributed by atoms with Gasteiger partial charge in [-0.3, -0.25) is 9.69 Å². The number of carbonyl (C=O) groups excluding carboxylic acids is 1. The van der Waals surface area contributed by atoms with E-state index >= 15 is 0 Å². The molecule has 0 bridgehead atoms. The number of hydrogen-bond donors (Lipinski definition) is 2. The third kappa shape index (κ3) is 4.82. The Labute approximate surface area is 147 Å². The summed E-state index contributed by atoms with van der Waals surface area (Å²) < 4.78 is 5.26. The Bertz CT molecular complexity index is 834. The van der Waals surface area contributed by atoms with Crippen LogP contribution in [0.2, 0.25) is 0 Å². The number of nitrogens with one attached hydrogen (secondary N) is 1. The van der Waals surface area contributed by atoms with E-state index < -0.39 is 5.63 Å². The lowest BCUT2D eigenvalue weighted by Gasteiger charge is -2.25. The van der Waals surface area contributed by atoms with Gasteiger partial charge < -0.3 is 14.8 Å². The zero-order valence-corrected chi connectivity index (χ0v) is 15.5. The van der Waals surface area contributed by atoms with Gasteiger partial charge in [0.2, 0.25) is 5.91 Å². The van der Waals surface area contributed by atoms with E-state index in [-0.39, 0.29) is 23.7 Å². The van der Waals surface area contributed by atoms with Gasteiger partial charge in [0.1, 0.15) is 11.3 Å². The molecule has 1 heterocycles. The lowest BCUT2D eigenvalue weighted by molar-refractivity contribution is -0.123. The van der Waals surface area contributed by atoms with Crippen molar-refractivity contribution in [3.8, 4) is 5.75 Å². The van der Waals surface area contributed by atoms with Crippen LogP contribution in [0.5, 0.6) is 5.75 Å². The van der Waals surface area contributed by atoms with Crippen LogP contribution in [-0.2, 0) is 11.3 Å². The number of phenolic OH excluding ortho intramolecular Hbond substituents is 1. The number of carbonyl (C=O) groups is 1. The number of phenols is 1. The van der Waals surface area contributed by atoms with Crippen molar-refractivity contribution in [2.75, 3.05) is 13.1 Å². The third-order valence-corrected chi connectivity index (χ3v) is 3.94. The molecule has 25 heavy (non-hydrogen) atoms. The average molecular weight is 346 g/mol. The van der Waals surface area contributed by atoms with Gasteiger partial charge in [-0.1, -0.05) is 6.92 Å². The molecule has 0 atom stereocenters. The van der Waals surface area contributed by atoms with Crippen LogP contribution in [0.15, 0.2) is 27.4 Å². The second-order valence-corrected chi connectivity index (χ2v) is 7.28. The molecule has 0 saturated carbocycles. The molecular weight excluding hydrogens is 320 g/mol. The molecule has 0 saturated heterocycles. The van der Waals surface area contributed by atoms with E-state index in [1.54, 1.807) is 19.1 Å². The van der Waals surface area contributed by atoms with Crippen LogP contribution in [0.25, 0.3) is 11.0 Å². The topological polar surface area (TPSA) is 82.8 Å². The van der Waals surface area contributed by atoms with Crippen LogP contribution in [0, 0.1) is 6.92 Å². The number of hydrogen-bond acceptors (Lipinski definition) is 5. The van der Waals surface area contributed by atoms with Crippen molar-refractivity contribution in [2.24, 2.45) is 0 Å². The van der Waals surface area contributed by atoms with Crippen LogP contribution >= 0.6 is 0 Å². The first kappa shape index (κ1) is 19.0. The van der Waals surface area contributed by atoms with Crippen molar-refractivity contribution < 1.29 is 14.3 Å². The lowest BCUT2D eigenvalue weighted by Crippen LogP contribution is -2.45. The van der Waals surface area contributed by atoms with E-state index in [4.69, 9.17) is 4.42 Å². The number of nitrogens with zero attached hydrogens (tertiary/aromatic N) is 1. The van der Waals surface area contributed by atoms with Gasteiger partial charge in [-0.25, -0.2) is 4.79 Å². The molecule has 6 heteroatoms. The van der Waals surface area contributed by atoms with Crippen molar-refractivity contribution in [3.63, 3.8) is 0 Å². The molecule has 1 amide bonds. The third-order valence-electron chi connectivity index (χ3n) is 3.94. The molecule has 2 rings (SSSR count). The summed E-state index contributed by atoms with van der Waals surface area (Å²) in [4.78, 5) is 26.0. The van der Waals surface area contributed by atoms with E-state index in [0.29, 0.717) is 24.2 Å². The zero-order valence-electron chi connectivity index (χ0n) is 15.5. The highest BCUT2D eigenvalue weighted by molar-refractivity contribution is 5.85. The molecule has 0 aliphatic carbocycles. The molecule has 0 spiro atoms. The summed E-state index contributed by atoms with van der Waals surface area (Å²) in [5.41, 5.74) is 0.944. The van der Waals surface area contributed by atoms with E-state index in [2.05, 4.69) is 5.32 Å². The maximum Gasteiger partial charge on any atom is 0.336 e. The monoisotopic (exact) mass is 346 g/mol. The van der Waals surface area contributed by atoms with Gasteiger partial charge in [-0.05, 0) is 51.9 Å². The average Bonchev–Trinajstić information content (AvgIpc) is 2.48. The first-order valence-electron chi connectivity index (χ1n) is 8.39. The lowest BCUT2D eigenvalue weighted by atomic mass is 10.1. The summed E-state index contributed by atoms with van der Waals surface area (Å²) in [7, 11) is 0. The Morgan fingerprint density at radius 3 is 2.60 bits per heavy atom. The quantitative estimate of drug-likeness (QED) is 0.813. The molecule has 2 N–H and O–H groups in total. The van der Waals surface area contributed by atoms with E-state index in [0.717, 1.165) is 10.9 Å². The van der Waals surface area contributed by atoms with Crippen molar-refractivity contribution >= 4 is 16.9 Å². The maximum atomic E-state index is 12.2. The minimum Gasteiger partial charge on any atom is -0.508 e. The summed E-state index contributed by atoms with van der Waals surface area (Å²) in [5.74, 6) is 0.0279. The molecule has 1 aromatic carbocycles. The Balaban J connectivity index is 2.30. The van der Waals surface area contributed by atoms with Gasteiger partial charge in [0, 0.05) is 29.1 Å². The smallest absolute Gasteiger partial charge is 0.336 e. The number of aryl methyl sites for hydroxylation is 1. The van der Waals surface area contributed by atoms with E-state index in [1.807, 2.05) is 32.6 Å². The molecule has 0 aliphatic rings. The minimum absolute atomic E-state index is 0.0598. The highest BCUT2D eigenvalue weighted by Gasteiger charge is 2.18. The first-order valence-corrected chi connectivity index (χ1v) is 8.39. The highest BCUT2D eigenvalue weighted by Crippen LogP contribution is 2.27. The van der Waals surface area contributed by atoms with E-state index in [9.17, 15) is 14.7 Å². The van der Waals surface area contributed by atoms with Gasteiger partial charge in [0.25, 0.3) is 0 Å². The molecule has 0 fully saturated rings. The zero-order chi connectivity index (χ0) is 18.8. The Morgan fingerprint density at radius 2 is 2.00 bits per heavy atom. The molecule has 0 aliphatic heterocycles. The molecule has 136 valence electrons. The van der Waals surface area contributed by atoms with Crippen molar-refractivity contribution in [2.45, 2.75) is 46.7 Å². The number of rotatable bonds is 5. The number of amides is 1. The normalized spacial score (nSPS) is 11.9. The summed E-state index contributed by atoms with van der Waals surface area (Å²) in [6.45, 7) is 10.8. The number of benzene rings is 1. The van der Waals surface area contributed by atoms with Crippen molar-refractivity contribution in [1.82, 2.24) is 10.2 Å². The fraction of sp³-hybridized carbons (Fsp3) is 0.474. The summed E-state index contributed by atoms with van der Waals surface area (Å²) >= 11 is 0. The fourth-order valence-electron chi connectivity index (χ4n) is 2.73. The Kier molecular flexibility index (Phi) is 5.52. The fourth-order valence-corrected chi connectivity index (χ4v) is 2.73. The SMILES string of the molecule is CCN(CC(=O)NC(C)(C)C)Cc1cc(=O)oc2c(C)c(O)ccc12. The highest BCUT2D eigenvalue weighted by atomic mass is 16.4. The van der Waals surface area contributed by atoms with Crippen LogP contribution in [0.3, 0.4) is 0 Å². The minimum atomic E-state index is -0.466. The molecule has 6 nitrogen and oxygen atoms in total. The number of aromatic hydroxyl groups is 1. The van der Waals surface area contributed by atoms with Gasteiger partial charge in [-0.15, -0.1) is 0 Å². The summed E-state index contributed by atoms with van der Waals surface area (Å²) in [6, 6.07) is 4.77. The van der Waals surface area contributed by atoms with Crippen LogP contribution in [-0.4, -0.2) is 34.5 Å². The van der Waals surface area contributed by atoms with Crippen molar-refractivity contribution in [3.05, 3.63) is 39.7 Å². The van der Waals surface area contributed by atoms with Crippen molar-refractivity contribution in [1.29, 1.82) is 0 Å². The van der Waals surface area contributed by atoms with Gasteiger partial charge in [0.15, 0.2) is 0 Å². The molecule has 2 aromatic rings. The first-order chi connectivity index (χ1) is 11.6. The van der Waals surface area contributed by atoms with Crippen LogP contribution in [0.1, 0.15) is 38.8 Å². The predicted octanol–water partition coefficient (Wildman–Crippen LogP) is 2.54. The second kappa shape index (κ2) is 7.27. The number of likely N-dealkylation sites (N-methyl/N-ethyl adjacent to an activating group) is 1. The molecular formula is C19H26N2O4. The standard InChI is InChI=1S/C19H26N2O4/c1-6-21(11-16(23)20-19(3,4)5)10-13-9-17(24)25-18-12(2)15(22)8-7-14(13)18/h7-9,22H,6,10-11H2,1-5H3,(H,20,23). The second-order valence-electron chi connectivity index (χ2n) is 7.28. The Hall–Kier alpha value is -2.34. The number of fused-ring (bicyclic) bond motifs is 1. The largest absolute Gasteiger partial charge is 0.508 e. The predicted molar refractivity (Wildman–Crippen MR) is 97.7 cm³/mol. The maximum absolute atomic E-state index is 12.2.